The van der Waals surface area contributed by atoms with E-state index in [1.54, 1.807) is 35.2 Å². The number of benzene rings is 1. The molecule has 1 atom stereocenters. The van der Waals surface area contributed by atoms with Crippen molar-refractivity contribution < 1.29 is 14.4 Å². The molecule has 1 aromatic rings. The minimum atomic E-state index is -0.355. The summed E-state index contributed by atoms with van der Waals surface area (Å²) in [6.45, 7) is 6.63. The molecule has 0 aromatic heterocycles. The molecular formula is C19H24N4O3. The molecule has 1 unspecified atom stereocenters. The summed E-state index contributed by atoms with van der Waals surface area (Å²) in [5.74, 6) is -0.841. The van der Waals surface area contributed by atoms with E-state index in [-0.39, 0.29) is 42.0 Å². The topological polar surface area (TPSA) is 102 Å². The number of nitrogens with zero attached hydrogens (tertiary/aromatic N) is 2. The second-order valence-electron chi connectivity index (χ2n) is 7.37. The van der Waals surface area contributed by atoms with Gasteiger partial charge in [0.1, 0.15) is 6.42 Å². The summed E-state index contributed by atoms with van der Waals surface area (Å²) in [7, 11) is 0. The highest BCUT2D eigenvalue weighted by atomic mass is 16.2. The lowest BCUT2D eigenvalue weighted by atomic mass is 10.1. The van der Waals surface area contributed by atoms with Crippen LogP contribution in [0, 0.1) is 17.2 Å². The normalized spacial score (nSPS) is 16.9. The van der Waals surface area contributed by atoms with Gasteiger partial charge in [-0.15, -0.1) is 0 Å². The fourth-order valence-corrected chi connectivity index (χ4v) is 2.82. The number of anilines is 1. The van der Waals surface area contributed by atoms with Crippen LogP contribution in [0.15, 0.2) is 24.3 Å². The predicted octanol–water partition coefficient (Wildman–Crippen LogP) is 1.80. The van der Waals surface area contributed by atoms with Gasteiger partial charge in [-0.3, -0.25) is 14.4 Å². The SMILES string of the molecule is CC(C)(C)N1CC(C(=O)Nc2ccc(CNC(=O)CC#N)cc2)CC1=O. The maximum Gasteiger partial charge on any atom is 0.234 e. The van der Waals surface area contributed by atoms with Crippen LogP contribution in [0.5, 0.6) is 0 Å². The summed E-state index contributed by atoms with van der Waals surface area (Å²) in [6.07, 6.45) is 0.0615. The number of amides is 3. The number of likely N-dealkylation sites (tertiary alicyclic amines) is 1. The van der Waals surface area contributed by atoms with Crippen LogP contribution in [-0.4, -0.2) is 34.7 Å². The molecular weight excluding hydrogens is 332 g/mol. The number of carbonyl (C=O) groups excluding carboxylic acids is 3. The Labute approximate surface area is 153 Å². The molecule has 2 N–H and O–H groups in total. The number of hydrogen-bond acceptors (Lipinski definition) is 4. The van der Waals surface area contributed by atoms with Crippen molar-refractivity contribution >= 4 is 23.4 Å². The Morgan fingerprint density at radius 3 is 2.46 bits per heavy atom. The number of hydrogen-bond donors (Lipinski definition) is 2. The third-order valence-electron chi connectivity index (χ3n) is 4.26. The van der Waals surface area contributed by atoms with Crippen LogP contribution >= 0.6 is 0 Å². The summed E-state index contributed by atoms with van der Waals surface area (Å²) in [6, 6.07) is 8.88. The van der Waals surface area contributed by atoms with Crippen molar-refractivity contribution in [1.82, 2.24) is 10.2 Å². The summed E-state index contributed by atoms with van der Waals surface area (Å²) >= 11 is 0. The van der Waals surface area contributed by atoms with Crippen LogP contribution in [0.2, 0.25) is 0 Å². The van der Waals surface area contributed by atoms with E-state index in [9.17, 15) is 14.4 Å². The maximum absolute atomic E-state index is 12.4. The van der Waals surface area contributed by atoms with Gasteiger partial charge in [0.15, 0.2) is 0 Å². The smallest absolute Gasteiger partial charge is 0.234 e. The van der Waals surface area contributed by atoms with Gasteiger partial charge in [-0.05, 0) is 38.5 Å². The average Bonchev–Trinajstić information content (AvgIpc) is 2.97. The minimum Gasteiger partial charge on any atom is -0.351 e. The summed E-state index contributed by atoms with van der Waals surface area (Å²) in [5.41, 5.74) is 1.22. The zero-order valence-electron chi connectivity index (χ0n) is 15.3. The molecule has 0 aliphatic carbocycles. The third-order valence-corrected chi connectivity index (χ3v) is 4.26. The third kappa shape index (κ3) is 5.06. The van der Waals surface area contributed by atoms with Gasteiger partial charge in [-0.2, -0.15) is 5.26 Å². The highest BCUT2D eigenvalue weighted by Crippen LogP contribution is 2.26. The van der Waals surface area contributed by atoms with E-state index in [2.05, 4.69) is 10.6 Å². The zero-order chi connectivity index (χ0) is 19.3. The quantitative estimate of drug-likeness (QED) is 0.840. The Kier molecular flexibility index (Phi) is 5.98. The molecule has 1 saturated heterocycles. The van der Waals surface area contributed by atoms with Crippen molar-refractivity contribution in [2.45, 2.75) is 45.7 Å². The molecule has 0 radical (unpaired) electrons. The Morgan fingerprint density at radius 2 is 1.92 bits per heavy atom. The van der Waals surface area contributed by atoms with Crippen LogP contribution in [0.3, 0.4) is 0 Å². The van der Waals surface area contributed by atoms with E-state index in [1.165, 1.54) is 0 Å². The van der Waals surface area contributed by atoms with Gasteiger partial charge < -0.3 is 15.5 Å². The van der Waals surface area contributed by atoms with Gasteiger partial charge in [-0.25, -0.2) is 0 Å². The molecule has 1 fully saturated rings. The van der Waals surface area contributed by atoms with E-state index in [0.29, 0.717) is 18.8 Å². The van der Waals surface area contributed by atoms with Crippen LogP contribution < -0.4 is 10.6 Å². The lowest BCUT2D eigenvalue weighted by Crippen LogP contribution is -2.42. The number of nitrogens with one attached hydrogen (secondary N) is 2. The highest BCUT2D eigenvalue weighted by Gasteiger charge is 2.39. The molecule has 3 amide bonds. The molecule has 0 saturated carbocycles. The Bertz CT molecular complexity index is 729. The summed E-state index contributed by atoms with van der Waals surface area (Å²) < 4.78 is 0. The molecule has 138 valence electrons. The van der Waals surface area contributed by atoms with Crippen LogP contribution in [0.25, 0.3) is 0 Å². The molecule has 0 spiro atoms. The number of carbonyl (C=O) groups is 3. The average molecular weight is 356 g/mol. The number of rotatable bonds is 5. The van der Waals surface area contributed by atoms with Crippen LogP contribution in [0.1, 0.15) is 39.2 Å². The second kappa shape index (κ2) is 8.00. The maximum atomic E-state index is 12.4. The van der Waals surface area contributed by atoms with E-state index in [0.717, 1.165) is 5.56 Å². The Morgan fingerprint density at radius 1 is 1.27 bits per heavy atom. The van der Waals surface area contributed by atoms with E-state index in [1.807, 2.05) is 20.8 Å². The van der Waals surface area contributed by atoms with E-state index in [4.69, 9.17) is 5.26 Å². The lowest BCUT2D eigenvalue weighted by molar-refractivity contribution is -0.131. The van der Waals surface area contributed by atoms with Crippen molar-refractivity contribution in [3.8, 4) is 6.07 Å². The van der Waals surface area contributed by atoms with Gasteiger partial charge in [0.25, 0.3) is 0 Å². The van der Waals surface area contributed by atoms with E-state index < -0.39 is 0 Å². The van der Waals surface area contributed by atoms with Crippen molar-refractivity contribution in [2.75, 3.05) is 11.9 Å². The molecule has 1 aromatic carbocycles. The molecule has 1 heterocycles. The first kappa shape index (κ1) is 19.4. The Balaban J connectivity index is 1.89. The van der Waals surface area contributed by atoms with Gasteiger partial charge >= 0.3 is 0 Å². The minimum absolute atomic E-state index is 0.00103. The lowest BCUT2D eigenvalue weighted by Gasteiger charge is -2.31. The predicted molar refractivity (Wildman–Crippen MR) is 96.7 cm³/mol. The first-order chi connectivity index (χ1) is 12.2. The first-order valence-corrected chi connectivity index (χ1v) is 8.54. The zero-order valence-corrected chi connectivity index (χ0v) is 15.3. The molecule has 7 heteroatoms. The summed E-state index contributed by atoms with van der Waals surface area (Å²) in [4.78, 5) is 37.5. The van der Waals surface area contributed by atoms with Gasteiger partial charge in [0.05, 0.1) is 12.0 Å². The fraction of sp³-hybridized carbons (Fsp3) is 0.474. The monoisotopic (exact) mass is 356 g/mol. The van der Waals surface area contributed by atoms with Gasteiger partial charge in [-0.1, -0.05) is 12.1 Å². The van der Waals surface area contributed by atoms with Gasteiger partial charge in [0, 0.05) is 30.7 Å². The Hall–Kier alpha value is -2.88. The second-order valence-corrected chi connectivity index (χ2v) is 7.37. The molecule has 2 rings (SSSR count). The molecule has 7 nitrogen and oxygen atoms in total. The van der Waals surface area contributed by atoms with Crippen LogP contribution in [0.4, 0.5) is 5.69 Å². The highest BCUT2D eigenvalue weighted by molar-refractivity contribution is 5.97. The van der Waals surface area contributed by atoms with Crippen molar-refractivity contribution in [2.24, 2.45) is 5.92 Å². The molecule has 0 bridgehead atoms. The number of nitriles is 1. The van der Waals surface area contributed by atoms with Crippen molar-refractivity contribution in [1.29, 1.82) is 5.26 Å². The first-order valence-electron chi connectivity index (χ1n) is 8.54. The van der Waals surface area contributed by atoms with Crippen molar-refractivity contribution in [3.05, 3.63) is 29.8 Å². The standard InChI is InChI=1S/C19H24N4O3/c1-19(2,3)23-12-14(10-17(23)25)18(26)22-15-6-4-13(5-7-15)11-21-16(24)8-9-20/h4-7,14H,8,10-12H2,1-3H3,(H,21,24)(H,22,26). The van der Waals surface area contributed by atoms with Gasteiger partial charge in [0.2, 0.25) is 17.7 Å². The fourth-order valence-electron chi connectivity index (χ4n) is 2.82. The largest absolute Gasteiger partial charge is 0.351 e. The van der Waals surface area contributed by atoms with Crippen LogP contribution in [-0.2, 0) is 20.9 Å². The molecule has 26 heavy (non-hydrogen) atoms. The summed E-state index contributed by atoms with van der Waals surface area (Å²) in [5, 5.41) is 13.9. The van der Waals surface area contributed by atoms with E-state index >= 15 is 0 Å². The van der Waals surface area contributed by atoms with Crippen molar-refractivity contribution in [3.63, 3.8) is 0 Å². The molecule has 1 aliphatic heterocycles. The molecule has 1 aliphatic rings.